The second-order valence-electron chi connectivity index (χ2n) is 8.41. The predicted molar refractivity (Wildman–Crippen MR) is 119 cm³/mol. The van der Waals surface area contributed by atoms with E-state index in [-0.39, 0.29) is 18.2 Å². The third-order valence-corrected chi connectivity index (χ3v) is 5.48. The minimum absolute atomic E-state index is 0.0727. The molecule has 8 heteroatoms. The molecular formula is C23H24N6O2. The van der Waals surface area contributed by atoms with Crippen LogP contribution in [0.25, 0.3) is 11.7 Å². The van der Waals surface area contributed by atoms with Crippen LogP contribution in [0.15, 0.2) is 42.1 Å². The fourth-order valence-electron chi connectivity index (χ4n) is 3.62. The number of aromatic nitrogens is 3. The van der Waals surface area contributed by atoms with E-state index in [2.05, 4.69) is 47.0 Å². The minimum atomic E-state index is -0.361. The summed E-state index contributed by atoms with van der Waals surface area (Å²) in [5.74, 6) is 1.30. The van der Waals surface area contributed by atoms with Gasteiger partial charge in [-0.05, 0) is 42.5 Å². The fraction of sp³-hybridized carbons (Fsp3) is 0.304. The molecule has 0 unspecified atom stereocenters. The number of hydrogen-bond acceptors (Lipinski definition) is 6. The van der Waals surface area contributed by atoms with Crippen molar-refractivity contribution in [3.8, 4) is 0 Å². The van der Waals surface area contributed by atoms with Crippen molar-refractivity contribution in [1.82, 2.24) is 19.9 Å². The average molecular weight is 416 g/mol. The van der Waals surface area contributed by atoms with Crippen LogP contribution in [0.4, 0.5) is 17.3 Å². The second kappa shape index (κ2) is 7.54. The van der Waals surface area contributed by atoms with Crippen molar-refractivity contribution >= 4 is 40.9 Å². The summed E-state index contributed by atoms with van der Waals surface area (Å²) in [6.07, 6.45) is 5.70. The number of nitrogens with zero attached hydrogens (tertiary/aromatic N) is 3. The molecule has 158 valence electrons. The predicted octanol–water partition coefficient (Wildman–Crippen LogP) is 3.60. The van der Waals surface area contributed by atoms with Gasteiger partial charge in [0.15, 0.2) is 5.65 Å². The highest BCUT2D eigenvalue weighted by atomic mass is 16.2. The number of amides is 2. The molecule has 2 aromatic heterocycles. The lowest BCUT2D eigenvalue weighted by Crippen LogP contribution is -2.19. The highest BCUT2D eigenvalue weighted by Gasteiger charge is 2.25. The van der Waals surface area contributed by atoms with Gasteiger partial charge in [0.25, 0.3) is 5.91 Å². The van der Waals surface area contributed by atoms with Gasteiger partial charge in [-0.3, -0.25) is 14.9 Å². The summed E-state index contributed by atoms with van der Waals surface area (Å²) in [5.41, 5.74) is 3.93. The van der Waals surface area contributed by atoms with Gasteiger partial charge in [-0.2, -0.15) is 9.61 Å². The highest BCUT2D eigenvalue weighted by molar-refractivity contribution is 6.15. The van der Waals surface area contributed by atoms with Gasteiger partial charge in [-0.25, -0.2) is 4.98 Å². The molecule has 1 aliphatic carbocycles. The van der Waals surface area contributed by atoms with Crippen LogP contribution in [0.3, 0.4) is 0 Å². The number of carbonyl (C=O) groups excluding carboxylic acids is 2. The van der Waals surface area contributed by atoms with E-state index in [0.717, 1.165) is 24.3 Å². The molecule has 1 saturated heterocycles. The van der Waals surface area contributed by atoms with E-state index in [1.807, 2.05) is 18.2 Å². The monoisotopic (exact) mass is 416 g/mol. The van der Waals surface area contributed by atoms with Crippen LogP contribution in [-0.4, -0.2) is 32.5 Å². The Kier molecular flexibility index (Phi) is 4.69. The SMILES string of the molecule is CC(C)c1cccc(Nc2cc(NC3CC3)n3ncc(/C=C4\CC(=O)NC4=O)c3n2)c1. The molecule has 2 fully saturated rings. The number of rotatable bonds is 6. The van der Waals surface area contributed by atoms with Crippen molar-refractivity contribution in [1.29, 1.82) is 0 Å². The molecule has 0 radical (unpaired) electrons. The summed E-state index contributed by atoms with van der Waals surface area (Å²) in [5, 5.41) is 13.7. The van der Waals surface area contributed by atoms with Gasteiger partial charge in [0.2, 0.25) is 5.91 Å². The zero-order chi connectivity index (χ0) is 21.5. The Bertz CT molecular complexity index is 1220. The Morgan fingerprint density at radius 1 is 1.23 bits per heavy atom. The Balaban J connectivity index is 1.55. The number of nitrogens with one attached hydrogen (secondary N) is 3. The Labute approximate surface area is 179 Å². The van der Waals surface area contributed by atoms with Gasteiger partial charge in [-0.15, -0.1) is 0 Å². The first-order valence-corrected chi connectivity index (χ1v) is 10.5. The minimum Gasteiger partial charge on any atom is -0.367 e. The molecule has 5 rings (SSSR count). The lowest BCUT2D eigenvalue weighted by atomic mass is 10.0. The number of hydrogen-bond donors (Lipinski definition) is 3. The molecule has 0 spiro atoms. The van der Waals surface area contributed by atoms with Gasteiger partial charge >= 0.3 is 0 Å². The van der Waals surface area contributed by atoms with E-state index in [9.17, 15) is 9.59 Å². The maximum atomic E-state index is 12.0. The highest BCUT2D eigenvalue weighted by Crippen LogP contribution is 2.29. The maximum absolute atomic E-state index is 12.0. The van der Waals surface area contributed by atoms with Crippen LogP contribution >= 0.6 is 0 Å². The van der Waals surface area contributed by atoms with Crippen molar-refractivity contribution in [2.45, 2.75) is 45.1 Å². The summed E-state index contributed by atoms with van der Waals surface area (Å²) < 4.78 is 1.75. The summed E-state index contributed by atoms with van der Waals surface area (Å²) in [4.78, 5) is 28.3. The van der Waals surface area contributed by atoms with Crippen molar-refractivity contribution in [2.24, 2.45) is 0 Å². The number of imide groups is 1. The third kappa shape index (κ3) is 4.01. The van der Waals surface area contributed by atoms with Crippen LogP contribution in [0, 0.1) is 0 Å². The Morgan fingerprint density at radius 2 is 2.06 bits per heavy atom. The van der Waals surface area contributed by atoms with Gasteiger partial charge < -0.3 is 10.6 Å². The fourth-order valence-corrected chi connectivity index (χ4v) is 3.62. The smallest absolute Gasteiger partial charge is 0.254 e. The standard InChI is InChI=1S/C23H24N6O2/c1-13(2)14-4-3-5-18(9-14)25-19-11-20(26-17-6-7-17)29-22(27-19)16(12-24-29)8-15-10-21(30)28-23(15)31/h3-5,8-9,11-13,17,26H,6-7,10H2,1-2H3,(H,25,27)(H,28,30,31)/b15-8+. The number of benzene rings is 1. The molecule has 3 aromatic rings. The van der Waals surface area contributed by atoms with Crippen LogP contribution in [0.2, 0.25) is 0 Å². The van der Waals surface area contributed by atoms with E-state index in [4.69, 9.17) is 4.98 Å². The summed E-state index contributed by atoms with van der Waals surface area (Å²) in [6.45, 7) is 4.33. The molecule has 0 atom stereocenters. The Morgan fingerprint density at radius 3 is 2.77 bits per heavy atom. The van der Waals surface area contributed by atoms with E-state index >= 15 is 0 Å². The van der Waals surface area contributed by atoms with Crippen LogP contribution in [0.1, 0.15) is 50.2 Å². The quantitative estimate of drug-likeness (QED) is 0.419. The number of carbonyl (C=O) groups is 2. The zero-order valence-corrected chi connectivity index (χ0v) is 17.5. The molecule has 3 N–H and O–H groups in total. The third-order valence-electron chi connectivity index (χ3n) is 5.48. The summed E-state index contributed by atoms with van der Waals surface area (Å²) in [7, 11) is 0. The molecule has 1 saturated carbocycles. The summed E-state index contributed by atoms with van der Waals surface area (Å²) >= 11 is 0. The largest absolute Gasteiger partial charge is 0.367 e. The lowest BCUT2D eigenvalue weighted by molar-refractivity contribution is -0.124. The van der Waals surface area contributed by atoms with Gasteiger partial charge in [0, 0.05) is 28.9 Å². The molecule has 8 nitrogen and oxygen atoms in total. The van der Waals surface area contributed by atoms with Gasteiger partial charge in [-0.1, -0.05) is 26.0 Å². The van der Waals surface area contributed by atoms with Crippen molar-refractivity contribution < 1.29 is 9.59 Å². The maximum Gasteiger partial charge on any atom is 0.254 e. The van der Waals surface area contributed by atoms with Crippen LogP contribution in [-0.2, 0) is 9.59 Å². The van der Waals surface area contributed by atoms with Gasteiger partial charge in [0.05, 0.1) is 12.6 Å². The van der Waals surface area contributed by atoms with Crippen molar-refractivity contribution in [3.63, 3.8) is 0 Å². The molecular weight excluding hydrogens is 392 g/mol. The average Bonchev–Trinajstić information content (AvgIpc) is 3.37. The normalized spacial score (nSPS) is 17.6. The zero-order valence-electron chi connectivity index (χ0n) is 17.5. The van der Waals surface area contributed by atoms with E-state index < -0.39 is 0 Å². The molecule has 2 aliphatic rings. The molecule has 1 aromatic carbocycles. The van der Waals surface area contributed by atoms with Crippen molar-refractivity contribution in [3.05, 3.63) is 53.2 Å². The second-order valence-corrected chi connectivity index (χ2v) is 8.41. The first kappa shape index (κ1) is 19.3. The lowest BCUT2D eigenvalue weighted by Gasteiger charge is -2.13. The topological polar surface area (TPSA) is 100 Å². The van der Waals surface area contributed by atoms with Gasteiger partial charge in [0.1, 0.15) is 11.6 Å². The van der Waals surface area contributed by atoms with Crippen LogP contribution < -0.4 is 16.0 Å². The van der Waals surface area contributed by atoms with E-state index in [1.54, 1.807) is 16.8 Å². The van der Waals surface area contributed by atoms with Crippen molar-refractivity contribution in [2.75, 3.05) is 10.6 Å². The number of fused-ring (bicyclic) bond motifs is 1. The van der Waals surface area contributed by atoms with E-state index in [0.29, 0.717) is 34.6 Å². The van der Waals surface area contributed by atoms with E-state index in [1.165, 1.54) is 5.56 Å². The number of anilines is 3. The summed E-state index contributed by atoms with van der Waals surface area (Å²) in [6, 6.07) is 10.7. The first-order valence-electron chi connectivity index (χ1n) is 10.5. The molecule has 1 aliphatic heterocycles. The molecule has 2 amide bonds. The van der Waals surface area contributed by atoms with Crippen LogP contribution in [0.5, 0.6) is 0 Å². The molecule has 31 heavy (non-hydrogen) atoms. The molecule has 0 bridgehead atoms. The molecule has 3 heterocycles. The Hall–Kier alpha value is -3.68. The first-order chi connectivity index (χ1) is 15.0.